The number of hydrogen-bond donors (Lipinski definition) is 3. The molecule has 0 aromatic carbocycles. The molecule has 0 atom stereocenters. The number of rotatable bonds is 0. The largest absolute Gasteiger partial charge is 2.00 e. The molecule has 12 heteroatoms. The molecule has 72 valence electrons. The van der Waals surface area contributed by atoms with Gasteiger partial charge in [-0.25, -0.2) is 0 Å². The standard InChI is InChI=1S/Ca.Fe.H3O4P.H2O4S/c;;2*1-5(2,3)4/h;;(H3,1,2,3,4);(H2,1,2,3,4)/q+2;;;/p-2. The van der Waals surface area contributed by atoms with Gasteiger partial charge < -0.3 is 19.2 Å². The Morgan fingerprint density at radius 3 is 1.17 bits per heavy atom. The van der Waals surface area contributed by atoms with Crippen LogP contribution in [0.1, 0.15) is 0 Å². The third-order valence-corrected chi connectivity index (χ3v) is 0. The van der Waals surface area contributed by atoms with Crippen molar-refractivity contribution in [2.45, 2.75) is 0 Å². The fourth-order valence-corrected chi connectivity index (χ4v) is 0. The monoisotopic (exact) mass is 290 g/mol. The summed E-state index contributed by atoms with van der Waals surface area (Å²) in [6, 6.07) is 0. The smallest absolute Gasteiger partial charge is 0.790 e. The first-order chi connectivity index (χ1) is 4.00. The molecule has 0 heterocycles. The maximum Gasteiger partial charge on any atom is 2.00 e. The van der Waals surface area contributed by atoms with Crippen LogP contribution in [0, 0.1) is 0 Å². The van der Waals surface area contributed by atoms with Gasteiger partial charge in [-0.1, -0.05) is 0 Å². The third-order valence-electron chi connectivity index (χ3n) is 0. The first-order valence-electron chi connectivity index (χ1n) is 1.45. The van der Waals surface area contributed by atoms with Gasteiger partial charge in [0.1, 0.15) is 0 Å². The molecule has 0 bridgehead atoms. The van der Waals surface area contributed by atoms with Crippen molar-refractivity contribution in [2.75, 3.05) is 0 Å². The van der Waals surface area contributed by atoms with Crippen molar-refractivity contribution < 1.29 is 53.8 Å². The molecule has 0 saturated carbocycles. The fourth-order valence-electron chi connectivity index (χ4n) is 0. The molecule has 3 N–H and O–H groups in total. The van der Waals surface area contributed by atoms with E-state index in [2.05, 4.69) is 0 Å². The van der Waals surface area contributed by atoms with Gasteiger partial charge in [-0.2, -0.15) is 8.42 Å². The van der Waals surface area contributed by atoms with E-state index in [0.717, 1.165) is 0 Å². The van der Waals surface area contributed by atoms with Crippen molar-refractivity contribution in [1.82, 2.24) is 0 Å². The van der Waals surface area contributed by atoms with Crippen LogP contribution in [0.4, 0.5) is 0 Å². The predicted molar refractivity (Wildman–Crippen MR) is 29.8 cm³/mol. The van der Waals surface area contributed by atoms with Crippen LogP contribution >= 0.6 is 7.82 Å². The minimum atomic E-state index is -5.14. The number of phosphoric acid groups is 1. The Bertz CT molecular complexity index is 197. The van der Waals surface area contributed by atoms with Gasteiger partial charge in [0.05, 0.1) is 7.82 Å². The molecule has 0 aliphatic carbocycles. The minimum absolute atomic E-state index is 0. The average Bonchev–Trinajstić information content (AvgIpc) is 1.12. The molecule has 0 radical (unpaired) electrons. The van der Waals surface area contributed by atoms with Crippen molar-refractivity contribution in [2.24, 2.45) is 0 Å². The van der Waals surface area contributed by atoms with Gasteiger partial charge in [-0.15, -0.1) is 0 Å². The van der Waals surface area contributed by atoms with E-state index in [1.165, 1.54) is 0 Å². The van der Waals surface area contributed by atoms with E-state index < -0.39 is 18.2 Å². The maximum absolute atomic E-state index is 8.74. The molecular formula is H3CaFeO8PS. The fraction of sp³-hybridized carbons (Fsp3) is 0. The second-order valence-corrected chi connectivity index (χ2v) is 2.75. The van der Waals surface area contributed by atoms with Crippen LogP contribution in [0.5, 0.6) is 0 Å². The predicted octanol–water partition coefficient (Wildman–Crippen LogP) is -3.23. The van der Waals surface area contributed by atoms with Crippen LogP contribution in [-0.4, -0.2) is 60.2 Å². The Balaban J connectivity index is -0.0000000457. The molecule has 0 aromatic heterocycles. The van der Waals surface area contributed by atoms with Gasteiger partial charge in [-0.05, 0) is 0 Å². The Hall–Kier alpha value is 1.76. The second-order valence-electron chi connectivity index (χ2n) is 0.916. The molecular weight excluding hydrogens is 287 g/mol. The number of hydrogen-bond acceptors (Lipinski definition) is 5. The minimum Gasteiger partial charge on any atom is -0.790 e. The third kappa shape index (κ3) is 440. The summed E-state index contributed by atoms with van der Waals surface area (Å²) in [6.07, 6.45) is 0. The summed E-state index contributed by atoms with van der Waals surface area (Å²) in [6.45, 7) is 0. The van der Waals surface area contributed by atoms with Crippen LogP contribution in [0.15, 0.2) is 0 Å². The van der Waals surface area contributed by atoms with E-state index >= 15 is 0 Å². The van der Waals surface area contributed by atoms with Crippen molar-refractivity contribution in [3.63, 3.8) is 0 Å². The molecule has 0 aliphatic heterocycles. The molecule has 0 saturated heterocycles. The van der Waals surface area contributed by atoms with Crippen molar-refractivity contribution >= 4 is 56.0 Å². The summed E-state index contributed by atoms with van der Waals surface area (Å²) < 4.78 is 40.2. The van der Waals surface area contributed by atoms with Crippen LogP contribution in [0.25, 0.3) is 0 Å². The zero-order valence-electron chi connectivity index (χ0n) is 5.30. The van der Waals surface area contributed by atoms with E-state index in [-0.39, 0.29) is 54.8 Å². The Labute approximate surface area is 109 Å². The van der Waals surface area contributed by atoms with Gasteiger partial charge >= 0.3 is 48.1 Å². The molecule has 0 aromatic rings. The average molecular weight is 290 g/mol. The summed E-state index contributed by atoms with van der Waals surface area (Å²) in [5.74, 6) is 0. The van der Waals surface area contributed by atoms with Crippen molar-refractivity contribution in [3.05, 3.63) is 0 Å². The summed E-state index contributed by atoms with van der Waals surface area (Å²) in [5, 5.41) is 0. The van der Waals surface area contributed by atoms with Crippen LogP contribution in [0.3, 0.4) is 0 Å². The van der Waals surface area contributed by atoms with E-state index in [9.17, 15) is 0 Å². The van der Waals surface area contributed by atoms with Gasteiger partial charge in [0, 0.05) is 17.1 Å². The van der Waals surface area contributed by atoms with Gasteiger partial charge in [0.2, 0.25) is 0 Å². The quantitative estimate of drug-likeness (QED) is 0.238. The van der Waals surface area contributed by atoms with E-state index in [1.54, 1.807) is 0 Å². The summed E-state index contributed by atoms with van der Waals surface area (Å²) in [4.78, 5) is 24.3. The van der Waals surface area contributed by atoms with Gasteiger partial charge in [0.25, 0.3) is 0 Å². The molecule has 0 spiro atoms. The normalized spacial score (nSPS) is 9.75. The van der Waals surface area contributed by atoms with Gasteiger partial charge in [0.15, 0.2) is 0 Å². The van der Waals surface area contributed by atoms with E-state index in [0.29, 0.717) is 0 Å². The van der Waals surface area contributed by atoms with Crippen molar-refractivity contribution in [1.29, 1.82) is 0 Å². The maximum atomic E-state index is 8.74. The van der Waals surface area contributed by atoms with Crippen LogP contribution in [-0.2, 0) is 32.0 Å². The van der Waals surface area contributed by atoms with Crippen LogP contribution < -0.4 is 9.79 Å². The van der Waals surface area contributed by atoms with Crippen molar-refractivity contribution in [3.8, 4) is 0 Å². The van der Waals surface area contributed by atoms with E-state index in [4.69, 9.17) is 36.8 Å². The molecule has 0 fully saturated rings. The topological polar surface area (TPSA) is 158 Å². The molecule has 12 heavy (non-hydrogen) atoms. The Morgan fingerprint density at radius 2 is 1.17 bits per heavy atom. The molecule has 0 unspecified atom stereocenters. The SMILES string of the molecule is O=P([O-])([O-])O.O=S(=O)(O)O.[Ca+2].[Fe]. The summed E-state index contributed by atoms with van der Waals surface area (Å²) in [5.41, 5.74) is 0. The Kier molecular flexibility index (Phi) is 18.3. The summed E-state index contributed by atoms with van der Waals surface area (Å²) in [7, 11) is -9.81. The Morgan fingerprint density at radius 1 is 1.17 bits per heavy atom. The summed E-state index contributed by atoms with van der Waals surface area (Å²) >= 11 is 0. The zero-order chi connectivity index (χ0) is 9.00. The molecule has 0 aliphatic rings. The van der Waals surface area contributed by atoms with Crippen LogP contribution in [0.2, 0.25) is 0 Å². The van der Waals surface area contributed by atoms with Gasteiger partial charge in [-0.3, -0.25) is 9.11 Å². The zero-order valence-corrected chi connectivity index (χ0v) is 10.3. The molecule has 8 nitrogen and oxygen atoms in total. The molecule has 0 rings (SSSR count). The first-order valence-corrected chi connectivity index (χ1v) is 4.34. The van der Waals surface area contributed by atoms with E-state index in [1.807, 2.05) is 0 Å². The first kappa shape index (κ1) is 23.5. The second kappa shape index (κ2) is 9.32. The molecule has 0 amide bonds.